The normalized spacial score (nSPS) is 22.8. The first kappa shape index (κ1) is 18.1. The topological polar surface area (TPSA) is 59.0 Å². The summed E-state index contributed by atoms with van der Waals surface area (Å²) < 4.78 is 5.24. The van der Waals surface area contributed by atoms with Gasteiger partial charge in [-0.25, -0.2) is 9.79 Å². The van der Waals surface area contributed by atoms with Crippen molar-refractivity contribution in [1.29, 1.82) is 0 Å². The number of hydrogen-bond acceptors (Lipinski definition) is 6. The minimum absolute atomic E-state index is 0.0306. The van der Waals surface area contributed by atoms with Gasteiger partial charge in [-0.05, 0) is 44.7 Å². The molecule has 0 bridgehead atoms. The Kier molecular flexibility index (Phi) is 5.24. The van der Waals surface area contributed by atoms with Gasteiger partial charge in [0.05, 0.1) is 29.2 Å². The van der Waals surface area contributed by atoms with Gasteiger partial charge in [0, 0.05) is 4.90 Å². The second kappa shape index (κ2) is 7.25. The molecule has 1 saturated heterocycles. The molecule has 132 valence electrons. The summed E-state index contributed by atoms with van der Waals surface area (Å²) in [5, 5.41) is 0.447. The van der Waals surface area contributed by atoms with Crippen molar-refractivity contribution >= 4 is 40.6 Å². The monoisotopic (exact) mass is 376 g/mol. The van der Waals surface area contributed by atoms with Crippen LogP contribution in [-0.4, -0.2) is 40.1 Å². The second-order valence-corrected chi connectivity index (χ2v) is 7.95. The fourth-order valence-electron chi connectivity index (χ4n) is 2.97. The van der Waals surface area contributed by atoms with Crippen LogP contribution in [0.3, 0.4) is 0 Å². The third-order valence-corrected chi connectivity index (χ3v) is 5.98. The highest BCUT2D eigenvalue weighted by atomic mass is 32.2. The summed E-state index contributed by atoms with van der Waals surface area (Å²) in [7, 11) is 0. The van der Waals surface area contributed by atoms with Crippen molar-refractivity contribution in [2.24, 2.45) is 4.99 Å². The molecular formula is C18H20N2O3S2. The van der Waals surface area contributed by atoms with Gasteiger partial charge in [-0.2, -0.15) is 0 Å². The highest BCUT2D eigenvalue weighted by molar-refractivity contribution is 8.15. The van der Waals surface area contributed by atoms with Crippen LogP contribution in [0.4, 0.5) is 0 Å². The minimum atomic E-state index is -0.493. The predicted molar refractivity (Wildman–Crippen MR) is 102 cm³/mol. The van der Waals surface area contributed by atoms with Crippen molar-refractivity contribution < 1.29 is 14.3 Å². The predicted octanol–water partition coefficient (Wildman–Crippen LogP) is 3.62. The van der Waals surface area contributed by atoms with Crippen LogP contribution in [-0.2, 0) is 14.3 Å². The second-order valence-electron chi connectivity index (χ2n) is 5.76. The Morgan fingerprint density at radius 1 is 1.36 bits per heavy atom. The van der Waals surface area contributed by atoms with Crippen LogP contribution in [0.15, 0.2) is 45.4 Å². The maximum Gasteiger partial charge on any atom is 0.338 e. The Bertz CT molecular complexity index is 771. The molecule has 0 radical (unpaired) electrons. The number of esters is 1. The molecule has 2 heterocycles. The van der Waals surface area contributed by atoms with E-state index in [1.165, 1.54) is 11.8 Å². The number of amidine groups is 1. The number of benzene rings is 1. The smallest absolute Gasteiger partial charge is 0.338 e. The number of nitrogens with zero attached hydrogens (tertiary/aromatic N) is 2. The van der Waals surface area contributed by atoms with E-state index >= 15 is 0 Å². The van der Waals surface area contributed by atoms with E-state index in [0.29, 0.717) is 16.4 Å². The van der Waals surface area contributed by atoms with Crippen LogP contribution in [0.2, 0.25) is 0 Å². The number of fused-ring (bicyclic) bond motifs is 1. The molecule has 1 aromatic rings. The molecule has 1 fully saturated rings. The van der Waals surface area contributed by atoms with Crippen LogP contribution in [0, 0.1) is 0 Å². The molecular weight excluding hydrogens is 356 g/mol. The molecule has 25 heavy (non-hydrogen) atoms. The Labute approximate surface area is 155 Å². The van der Waals surface area contributed by atoms with Gasteiger partial charge in [0.2, 0.25) is 5.91 Å². The van der Waals surface area contributed by atoms with Crippen LogP contribution in [0.5, 0.6) is 0 Å². The molecule has 0 aliphatic carbocycles. The third kappa shape index (κ3) is 3.22. The minimum Gasteiger partial charge on any atom is -0.463 e. The van der Waals surface area contributed by atoms with Gasteiger partial charge < -0.3 is 4.74 Å². The molecule has 7 heteroatoms. The van der Waals surface area contributed by atoms with Crippen LogP contribution in [0.25, 0.3) is 0 Å². The number of ether oxygens (including phenoxy) is 1. The summed E-state index contributed by atoms with van der Waals surface area (Å²) in [5.41, 5.74) is 1.93. The summed E-state index contributed by atoms with van der Waals surface area (Å²) in [6, 6.07) is 7.44. The number of allylic oxidation sites excluding steroid dienone is 1. The van der Waals surface area contributed by atoms with Gasteiger partial charge in [0.25, 0.3) is 0 Å². The molecule has 0 N–H and O–H groups in total. The standard InChI is InChI=1S/C18H20N2O3S2/c1-5-23-17(22)14-10(2)19-18-20(16(21)11(3)25-18)15(14)12-6-8-13(24-4)9-7-12/h6-9,11,15H,5H2,1-4H3/t11-,15+/m0/s1. The summed E-state index contributed by atoms with van der Waals surface area (Å²) in [6.07, 6.45) is 2.01. The lowest BCUT2D eigenvalue weighted by atomic mass is 9.94. The lowest BCUT2D eigenvalue weighted by Gasteiger charge is -2.33. The van der Waals surface area contributed by atoms with E-state index in [-0.39, 0.29) is 17.8 Å². The van der Waals surface area contributed by atoms with Gasteiger partial charge in [-0.15, -0.1) is 11.8 Å². The highest BCUT2D eigenvalue weighted by Crippen LogP contribution is 2.43. The lowest BCUT2D eigenvalue weighted by Crippen LogP contribution is -2.40. The van der Waals surface area contributed by atoms with Crippen molar-refractivity contribution in [3.8, 4) is 0 Å². The average molecular weight is 377 g/mol. The molecule has 0 unspecified atom stereocenters. The molecule has 1 amide bonds. The van der Waals surface area contributed by atoms with Gasteiger partial charge in [-0.1, -0.05) is 23.9 Å². The first-order chi connectivity index (χ1) is 12.0. The zero-order chi connectivity index (χ0) is 18.1. The van der Waals surface area contributed by atoms with Crippen LogP contribution < -0.4 is 0 Å². The molecule has 0 saturated carbocycles. The third-order valence-electron chi connectivity index (χ3n) is 4.19. The molecule has 2 aliphatic heterocycles. The number of aliphatic imine (C=N–C) groups is 1. The van der Waals surface area contributed by atoms with Gasteiger partial charge >= 0.3 is 5.97 Å². The first-order valence-electron chi connectivity index (χ1n) is 8.08. The fraction of sp³-hybridized carbons (Fsp3) is 0.389. The quantitative estimate of drug-likeness (QED) is 0.593. The number of carbonyl (C=O) groups excluding carboxylic acids is 2. The number of carbonyl (C=O) groups is 2. The van der Waals surface area contributed by atoms with E-state index < -0.39 is 12.0 Å². The Hall–Kier alpha value is -1.73. The van der Waals surface area contributed by atoms with E-state index in [9.17, 15) is 9.59 Å². The molecule has 0 aromatic heterocycles. The highest BCUT2D eigenvalue weighted by Gasteiger charge is 2.46. The van der Waals surface area contributed by atoms with E-state index in [4.69, 9.17) is 4.74 Å². The molecule has 2 aliphatic rings. The maximum atomic E-state index is 12.7. The fourth-order valence-corrected chi connectivity index (χ4v) is 4.41. The van der Waals surface area contributed by atoms with Crippen molar-refractivity contribution in [1.82, 2.24) is 4.90 Å². The van der Waals surface area contributed by atoms with Gasteiger partial charge in [-0.3, -0.25) is 9.69 Å². The Morgan fingerprint density at radius 3 is 2.64 bits per heavy atom. The van der Waals surface area contributed by atoms with E-state index in [1.807, 2.05) is 37.4 Å². The summed E-state index contributed by atoms with van der Waals surface area (Å²) in [5.74, 6) is -0.448. The summed E-state index contributed by atoms with van der Waals surface area (Å²) >= 11 is 3.08. The number of hydrogen-bond donors (Lipinski definition) is 0. The first-order valence-corrected chi connectivity index (χ1v) is 10.2. The summed E-state index contributed by atoms with van der Waals surface area (Å²) in [4.78, 5) is 32.6. The largest absolute Gasteiger partial charge is 0.463 e. The van der Waals surface area contributed by atoms with Crippen molar-refractivity contribution in [3.05, 3.63) is 41.1 Å². The Morgan fingerprint density at radius 2 is 2.04 bits per heavy atom. The SMILES string of the molecule is CCOC(=O)C1=C(C)N=C2S[C@@H](C)C(=O)N2[C@@H]1c1ccc(SC)cc1. The van der Waals surface area contributed by atoms with Crippen molar-refractivity contribution in [3.63, 3.8) is 0 Å². The van der Waals surface area contributed by atoms with E-state index in [1.54, 1.807) is 30.5 Å². The van der Waals surface area contributed by atoms with Crippen LogP contribution in [0.1, 0.15) is 32.4 Å². The molecule has 1 aromatic carbocycles. The van der Waals surface area contributed by atoms with Crippen LogP contribution >= 0.6 is 23.5 Å². The molecule has 2 atom stereocenters. The maximum absolute atomic E-state index is 12.7. The molecule has 5 nitrogen and oxygen atoms in total. The van der Waals surface area contributed by atoms with Crippen molar-refractivity contribution in [2.75, 3.05) is 12.9 Å². The Balaban J connectivity index is 2.12. The molecule has 3 rings (SSSR count). The van der Waals surface area contributed by atoms with Gasteiger partial charge in [0.1, 0.15) is 0 Å². The zero-order valence-electron chi connectivity index (χ0n) is 14.6. The lowest BCUT2D eigenvalue weighted by molar-refractivity contribution is -0.139. The average Bonchev–Trinajstić information content (AvgIpc) is 2.88. The summed E-state index contributed by atoms with van der Waals surface area (Å²) in [6.45, 7) is 5.71. The van der Waals surface area contributed by atoms with E-state index in [2.05, 4.69) is 4.99 Å². The number of amides is 1. The molecule has 0 spiro atoms. The zero-order valence-corrected chi connectivity index (χ0v) is 16.2. The van der Waals surface area contributed by atoms with Crippen molar-refractivity contribution in [2.45, 2.75) is 37.0 Å². The number of thioether (sulfide) groups is 2. The van der Waals surface area contributed by atoms with E-state index in [0.717, 1.165) is 10.5 Å². The van der Waals surface area contributed by atoms with Gasteiger partial charge in [0.15, 0.2) is 5.17 Å². The number of rotatable bonds is 4.